The summed E-state index contributed by atoms with van der Waals surface area (Å²) < 4.78 is 36.7. The van der Waals surface area contributed by atoms with E-state index in [1.54, 1.807) is 70.7 Å². The van der Waals surface area contributed by atoms with Crippen LogP contribution in [0.25, 0.3) is 16.9 Å². The first kappa shape index (κ1) is 26.5. The predicted molar refractivity (Wildman–Crippen MR) is 142 cm³/mol. The number of ether oxygens (including phenoxy) is 4. The Hall–Kier alpha value is -4.53. The fourth-order valence-electron chi connectivity index (χ4n) is 4.08. The van der Waals surface area contributed by atoms with Crippen molar-refractivity contribution in [3.8, 4) is 39.9 Å². The molecular weight excluding hydrogens is 489 g/mol. The van der Waals surface area contributed by atoms with Crippen molar-refractivity contribution in [3.05, 3.63) is 83.8 Å². The van der Waals surface area contributed by atoms with Gasteiger partial charge in [0.25, 0.3) is 5.91 Å². The highest BCUT2D eigenvalue weighted by Crippen LogP contribution is 2.34. The minimum atomic E-state index is -0.377. The largest absolute Gasteiger partial charge is 0.497 e. The minimum absolute atomic E-state index is 0.235. The zero-order valence-corrected chi connectivity index (χ0v) is 22.0. The van der Waals surface area contributed by atoms with Gasteiger partial charge in [-0.2, -0.15) is 5.10 Å². The minimum Gasteiger partial charge on any atom is -0.497 e. The SMILES string of the molecule is COc1ccc(-c2cc(C(=O)N(C)CCc3ccc(OC)c(OC)c3)n(-c3ccc(F)cc3)n2)c(OC)c1. The highest BCUT2D eigenvalue weighted by Gasteiger charge is 2.22. The topological polar surface area (TPSA) is 75.0 Å². The summed E-state index contributed by atoms with van der Waals surface area (Å²) in [5, 5.41) is 4.70. The molecular formula is C29H30FN3O5. The summed E-state index contributed by atoms with van der Waals surface area (Å²) in [5.41, 5.74) is 3.11. The Morgan fingerprint density at radius 2 is 1.55 bits per heavy atom. The van der Waals surface area contributed by atoms with E-state index in [1.165, 1.54) is 16.8 Å². The van der Waals surface area contributed by atoms with Crippen LogP contribution in [0, 0.1) is 5.82 Å². The van der Waals surface area contributed by atoms with Crippen LogP contribution in [0.15, 0.2) is 66.7 Å². The summed E-state index contributed by atoms with van der Waals surface area (Å²) in [6.07, 6.45) is 0.604. The quantitative estimate of drug-likeness (QED) is 0.293. The van der Waals surface area contributed by atoms with Crippen LogP contribution in [0.3, 0.4) is 0 Å². The van der Waals surface area contributed by atoms with E-state index in [4.69, 9.17) is 24.0 Å². The van der Waals surface area contributed by atoms with Crippen LogP contribution in [-0.2, 0) is 6.42 Å². The first-order chi connectivity index (χ1) is 18.4. The van der Waals surface area contributed by atoms with E-state index >= 15 is 0 Å². The zero-order valence-electron chi connectivity index (χ0n) is 22.0. The maximum atomic E-state index is 13.6. The summed E-state index contributed by atoms with van der Waals surface area (Å²) in [6, 6.07) is 18.6. The monoisotopic (exact) mass is 519 g/mol. The molecule has 8 nitrogen and oxygen atoms in total. The molecule has 0 saturated carbocycles. The molecule has 3 aromatic carbocycles. The van der Waals surface area contributed by atoms with Crippen LogP contribution < -0.4 is 18.9 Å². The molecule has 0 atom stereocenters. The van der Waals surface area contributed by atoms with Gasteiger partial charge in [0.1, 0.15) is 23.0 Å². The van der Waals surface area contributed by atoms with E-state index in [0.29, 0.717) is 58.6 Å². The summed E-state index contributed by atoms with van der Waals surface area (Å²) in [5.74, 6) is 1.85. The van der Waals surface area contributed by atoms with E-state index in [2.05, 4.69) is 0 Å². The van der Waals surface area contributed by atoms with Gasteiger partial charge in [-0.1, -0.05) is 6.07 Å². The molecule has 0 radical (unpaired) electrons. The maximum Gasteiger partial charge on any atom is 0.272 e. The average Bonchev–Trinajstić information content (AvgIpc) is 3.40. The molecule has 38 heavy (non-hydrogen) atoms. The first-order valence-electron chi connectivity index (χ1n) is 11.9. The number of carbonyl (C=O) groups excluding carboxylic acids is 1. The van der Waals surface area contributed by atoms with Crippen molar-refractivity contribution in [2.24, 2.45) is 0 Å². The molecule has 4 aromatic rings. The molecule has 9 heteroatoms. The molecule has 1 aromatic heterocycles. The van der Waals surface area contributed by atoms with Gasteiger partial charge in [0, 0.05) is 25.2 Å². The van der Waals surface area contributed by atoms with Gasteiger partial charge in [-0.05, 0) is 66.6 Å². The van der Waals surface area contributed by atoms with Crippen molar-refractivity contribution in [2.45, 2.75) is 6.42 Å². The lowest BCUT2D eigenvalue weighted by molar-refractivity contribution is 0.0787. The van der Waals surface area contributed by atoms with Crippen LogP contribution in [0.1, 0.15) is 16.1 Å². The third kappa shape index (κ3) is 5.56. The van der Waals surface area contributed by atoms with Gasteiger partial charge in [-0.25, -0.2) is 9.07 Å². The number of benzene rings is 3. The Bertz CT molecular complexity index is 1420. The normalized spacial score (nSPS) is 10.7. The van der Waals surface area contributed by atoms with E-state index in [1.807, 2.05) is 24.3 Å². The fraction of sp³-hybridized carbons (Fsp3) is 0.241. The van der Waals surface area contributed by atoms with Crippen LogP contribution in [0.5, 0.6) is 23.0 Å². The first-order valence-corrected chi connectivity index (χ1v) is 11.9. The third-order valence-corrected chi connectivity index (χ3v) is 6.21. The highest BCUT2D eigenvalue weighted by molar-refractivity contribution is 5.94. The predicted octanol–water partition coefficient (Wildman–Crippen LogP) is 5.03. The van der Waals surface area contributed by atoms with Gasteiger partial charge >= 0.3 is 0 Å². The molecule has 0 spiro atoms. The Morgan fingerprint density at radius 3 is 2.21 bits per heavy atom. The molecule has 1 amide bonds. The summed E-state index contributed by atoms with van der Waals surface area (Å²) in [4.78, 5) is 15.3. The molecule has 0 saturated heterocycles. The molecule has 1 heterocycles. The van der Waals surface area contributed by atoms with E-state index in [9.17, 15) is 9.18 Å². The van der Waals surface area contributed by atoms with Crippen LogP contribution in [0.2, 0.25) is 0 Å². The highest BCUT2D eigenvalue weighted by atomic mass is 19.1. The third-order valence-electron chi connectivity index (χ3n) is 6.21. The van der Waals surface area contributed by atoms with Crippen molar-refractivity contribution in [1.82, 2.24) is 14.7 Å². The number of nitrogens with zero attached hydrogens (tertiary/aromatic N) is 3. The Morgan fingerprint density at radius 1 is 0.842 bits per heavy atom. The lowest BCUT2D eigenvalue weighted by Crippen LogP contribution is -2.30. The van der Waals surface area contributed by atoms with E-state index in [-0.39, 0.29) is 11.7 Å². The van der Waals surface area contributed by atoms with E-state index < -0.39 is 0 Å². The second kappa shape index (κ2) is 11.7. The molecule has 0 aliphatic heterocycles. The standard InChI is InChI=1S/C29H30FN3O5/c1-32(15-14-19-6-13-26(36-3)28(16-19)38-5)29(34)25-18-24(23-12-11-22(35-2)17-27(23)37-4)31-33(25)21-9-7-20(30)8-10-21/h6-13,16-18H,14-15H2,1-5H3. The molecule has 0 unspecified atom stereocenters. The Labute approximate surface area is 221 Å². The van der Waals surface area contributed by atoms with Gasteiger partial charge in [0.05, 0.1) is 39.8 Å². The number of rotatable bonds is 10. The van der Waals surface area contributed by atoms with Gasteiger partial charge in [0.2, 0.25) is 0 Å². The molecule has 0 N–H and O–H groups in total. The second-order valence-electron chi connectivity index (χ2n) is 8.54. The number of likely N-dealkylation sites (N-methyl/N-ethyl adjacent to an activating group) is 1. The lowest BCUT2D eigenvalue weighted by atomic mass is 10.1. The van der Waals surface area contributed by atoms with Crippen LogP contribution in [0.4, 0.5) is 4.39 Å². The Balaban J connectivity index is 1.66. The summed E-state index contributed by atoms with van der Waals surface area (Å²) >= 11 is 0. The molecule has 0 bridgehead atoms. The second-order valence-corrected chi connectivity index (χ2v) is 8.54. The lowest BCUT2D eigenvalue weighted by Gasteiger charge is -2.18. The summed E-state index contributed by atoms with van der Waals surface area (Å²) in [7, 11) is 8.04. The number of hydrogen-bond donors (Lipinski definition) is 0. The molecule has 0 fully saturated rings. The average molecular weight is 520 g/mol. The van der Waals surface area contributed by atoms with Gasteiger partial charge in [0.15, 0.2) is 11.5 Å². The molecule has 0 aliphatic rings. The number of hydrogen-bond acceptors (Lipinski definition) is 6. The van der Waals surface area contributed by atoms with Gasteiger partial charge in [-0.3, -0.25) is 4.79 Å². The van der Waals surface area contributed by atoms with Crippen molar-refractivity contribution >= 4 is 5.91 Å². The number of aromatic nitrogens is 2. The number of carbonyl (C=O) groups is 1. The van der Waals surface area contributed by atoms with E-state index in [0.717, 1.165) is 5.56 Å². The van der Waals surface area contributed by atoms with Crippen LogP contribution in [-0.4, -0.2) is 62.6 Å². The molecule has 198 valence electrons. The fourth-order valence-corrected chi connectivity index (χ4v) is 4.08. The van der Waals surface area contributed by atoms with Crippen molar-refractivity contribution in [1.29, 1.82) is 0 Å². The number of halogens is 1. The maximum absolute atomic E-state index is 13.6. The number of methoxy groups -OCH3 is 4. The van der Waals surface area contributed by atoms with Gasteiger partial charge < -0.3 is 23.8 Å². The zero-order chi connectivity index (χ0) is 27.2. The molecule has 0 aliphatic carbocycles. The smallest absolute Gasteiger partial charge is 0.272 e. The van der Waals surface area contributed by atoms with Gasteiger partial charge in [-0.15, -0.1) is 0 Å². The number of amides is 1. The van der Waals surface area contributed by atoms with Crippen LogP contribution >= 0.6 is 0 Å². The van der Waals surface area contributed by atoms with Crippen molar-refractivity contribution < 1.29 is 28.1 Å². The summed E-state index contributed by atoms with van der Waals surface area (Å²) in [6.45, 7) is 0.449. The Kier molecular flexibility index (Phi) is 8.15. The molecule has 4 rings (SSSR count). The van der Waals surface area contributed by atoms with Crippen molar-refractivity contribution in [3.63, 3.8) is 0 Å². The van der Waals surface area contributed by atoms with Crippen molar-refractivity contribution in [2.75, 3.05) is 42.0 Å².